The summed E-state index contributed by atoms with van der Waals surface area (Å²) >= 11 is 6.99. The Kier molecular flexibility index (Phi) is 5.85. The Labute approximate surface area is 158 Å². The molecule has 0 aromatic carbocycles. The van der Waals surface area contributed by atoms with E-state index in [1.807, 2.05) is 12.4 Å². The highest BCUT2D eigenvalue weighted by molar-refractivity contribution is 7.91. The lowest BCUT2D eigenvalue weighted by atomic mass is 10.2. The number of sulfonamides is 1. The summed E-state index contributed by atoms with van der Waals surface area (Å²) < 4.78 is 29.8. The quantitative estimate of drug-likeness (QED) is 0.745. The monoisotopic (exact) mass is 402 g/mol. The summed E-state index contributed by atoms with van der Waals surface area (Å²) in [5, 5.41) is 0. The number of imidazole rings is 1. The maximum atomic E-state index is 12.6. The summed E-state index contributed by atoms with van der Waals surface area (Å²) in [6.07, 6.45) is 3.85. The number of rotatable bonds is 6. The highest BCUT2D eigenvalue weighted by atomic mass is 35.5. The van der Waals surface area contributed by atoms with Crippen LogP contribution in [0.4, 0.5) is 0 Å². The molecule has 6 nitrogen and oxygen atoms in total. The van der Waals surface area contributed by atoms with Crippen LogP contribution < -0.4 is 0 Å². The predicted molar refractivity (Wildman–Crippen MR) is 101 cm³/mol. The van der Waals surface area contributed by atoms with E-state index in [9.17, 15) is 8.42 Å². The van der Waals surface area contributed by atoms with Crippen molar-refractivity contribution in [3.63, 3.8) is 0 Å². The zero-order chi connectivity index (χ0) is 18.0. The van der Waals surface area contributed by atoms with E-state index in [4.69, 9.17) is 11.6 Å². The van der Waals surface area contributed by atoms with Gasteiger partial charge >= 0.3 is 0 Å². The Morgan fingerprint density at radius 2 is 1.92 bits per heavy atom. The SMILES string of the molecule is CC(C)c1nccn1CCN1CCN(S(=O)(=O)c2ccc(Cl)s2)CC1. The van der Waals surface area contributed by atoms with E-state index in [1.54, 1.807) is 16.4 Å². The fourth-order valence-corrected chi connectivity index (χ4v) is 6.08. The van der Waals surface area contributed by atoms with Crippen molar-refractivity contribution in [3.05, 3.63) is 34.7 Å². The van der Waals surface area contributed by atoms with Gasteiger partial charge in [0, 0.05) is 57.6 Å². The summed E-state index contributed by atoms with van der Waals surface area (Å²) in [5.74, 6) is 1.49. The molecule has 1 aliphatic heterocycles. The van der Waals surface area contributed by atoms with Crippen molar-refractivity contribution in [1.29, 1.82) is 0 Å². The number of piperazine rings is 1. The second-order valence-electron chi connectivity index (χ2n) is 6.44. The maximum Gasteiger partial charge on any atom is 0.252 e. The second kappa shape index (κ2) is 7.75. The van der Waals surface area contributed by atoms with E-state index >= 15 is 0 Å². The molecule has 0 N–H and O–H groups in total. The fraction of sp³-hybridized carbons (Fsp3) is 0.562. The van der Waals surface area contributed by atoms with Crippen LogP contribution in [0.5, 0.6) is 0 Å². The van der Waals surface area contributed by atoms with Crippen LogP contribution in [0.25, 0.3) is 0 Å². The minimum Gasteiger partial charge on any atom is -0.333 e. The topological polar surface area (TPSA) is 58.4 Å². The van der Waals surface area contributed by atoms with Gasteiger partial charge in [-0.15, -0.1) is 11.3 Å². The van der Waals surface area contributed by atoms with Crippen LogP contribution in [0.3, 0.4) is 0 Å². The average molecular weight is 403 g/mol. The van der Waals surface area contributed by atoms with Gasteiger partial charge in [0.05, 0.1) is 4.34 Å². The minimum absolute atomic E-state index is 0.325. The van der Waals surface area contributed by atoms with Crippen LogP contribution in [-0.4, -0.2) is 59.9 Å². The molecular formula is C16H23ClN4O2S2. The van der Waals surface area contributed by atoms with E-state index in [2.05, 4.69) is 28.3 Å². The molecule has 0 radical (unpaired) electrons. The second-order valence-corrected chi connectivity index (χ2v) is 10.3. The van der Waals surface area contributed by atoms with Gasteiger partial charge in [-0.3, -0.25) is 4.90 Å². The van der Waals surface area contributed by atoms with E-state index in [1.165, 1.54) is 0 Å². The van der Waals surface area contributed by atoms with E-state index < -0.39 is 10.0 Å². The lowest BCUT2D eigenvalue weighted by molar-refractivity contribution is 0.182. The summed E-state index contributed by atoms with van der Waals surface area (Å²) in [6, 6.07) is 3.22. The standard InChI is InChI=1S/C16H23ClN4O2S2/c1-13(2)16-18-5-6-20(16)10-7-19-8-11-21(12-9-19)25(22,23)15-4-3-14(17)24-15/h3-6,13H,7-12H2,1-2H3. The number of hydrogen-bond donors (Lipinski definition) is 0. The lowest BCUT2D eigenvalue weighted by Crippen LogP contribution is -2.49. The third kappa shape index (κ3) is 4.25. The number of aromatic nitrogens is 2. The van der Waals surface area contributed by atoms with Crippen molar-refractivity contribution in [1.82, 2.24) is 18.8 Å². The summed E-state index contributed by atoms with van der Waals surface area (Å²) in [7, 11) is -3.42. The molecule has 1 aliphatic rings. The van der Waals surface area contributed by atoms with Gasteiger partial charge in [0.15, 0.2) is 0 Å². The first-order chi connectivity index (χ1) is 11.9. The zero-order valence-corrected chi connectivity index (χ0v) is 16.8. The van der Waals surface area contributed by atoms with Gasteiger partial charge in [-0.1, -0.05) is 25.4 Å². The first kappa shape index (κ1) is 18.8. The zero-order valence-electron chi connectivity index (χ0n) is 14.4. The van der Waals surface area contributed by atoms with Crippen LogP contribution >= 0.6 is 22.9 Å². The highest BCUT2D eigenvalue weighted by Crippen LogP contribution is 2.28. The number of thiophene rings is 1. The van der Waals surface area contributed by atoms with Crippen molar-refractivity contribution < 1.29 is 8.42 Å². The maximum absolute atomic E-state index is 12.6. The van der Waals surface area contributed by atoms with Gasteiger partial charge in [-0.25, -0.2) is 13.4 Å². The average Bonchev–Trinajstić information content (AvgIpc) is 3.22. The molecule has 138 valence electrons. The lowest BCUT2D eigenvalue weighted by Gasteiger charge is -2.33. The van der Waals surface area contributed by atoms with E-state index in [0.717, 1.165) is 43.3 Å². The van der Waals surface area contributed by atoms with Crippen LogP contribution in [0.2, 0.25) is 4.34 Å². The largest absolute Gasteiger partial charge is 0.333 e. The van der Waals surface area contributed by atoms with Crippen LogP contribution in [0.1, 0.15) is 25.6 Å². The molecule has 3 heterocycles. The molecule has 0 aliphatic carbocycles. The van der Waals surface area contributed by atoms with Crippen molar-refractivity contribution in [2.45, 2.75) is 30.5 Å². The molecule has 9 heteroatoms. The van der Waals surface area contributed by atoms with Gasteiger partial charge in [0.2, 0.25) is 0 Å². The molecule has 2 aromatic heterocycles. The molecule has 1 fully saturated rings. The third-order valence-electron chi connectivity index (χ3n) is 4.40. The normalized spacial score (nSPS) is 17.4. The smallest absolute Gasteiger partial charge is 0.252 e. The van der Waals surface area contributed by atoms with Crippen molar-refractivity contribution in [3.8, 4) is 0 Å². The number of hydrogen-bond acceptors (Lipinski definition) is 5. The third-order valence-corrected chi connectivity index (χ3v) is 7.99. The Morgan fingerprint density at radius 3 is 2.52 bits per heavy atom. The Bertz CT molecular complexity index is 808. The number of halogens is 1. The van der Waals surface area contributed by atoms with Crippen molar-refractivity contribution in [2.24, 2.45) is 0 Å². The minimum atomic E-state index is -3.42. The molecule has 0 spiro atoms. The molecule has 0 atom stereocenters. The van der Waals surface area contributed by atoms with Gasteiger partial charge < -0.3 is 4.57 Å². The summed E-state index contributed by atoms with van der Waals surface area (Å²) in [6.45, 7) is 8.56. The molecule has 0 saturated carbocycles. The van der Waals surface area contributed by atoms with Gasteiger partial charge in [-0.05, 0) is 12.1 Å². The molecule has 25 heavy (non-hydrogen) atoms. The fourth-order valence-electron chi connectivity index (χ4n) is 3.02. The van der Waals surface area contributed by atoms with Crippen LogP contribution in [-0.2, 0) is 16.6 Å². The predicted octanol–water partition coefficient (Wildman–Crippen LogP) is 2.73. The Hall–Kier alpha value is -0.930. The molecule has 0 bridgehead atoms. The highest BCUT2D eigenvalue weighted by Gasteiger charge is 2.29. The van der Waals surface area contributed by atoms with Gasteiger partial charge in [-0.2, -0.15) is 4.31 Å². The molecule has 1 saturated heterocycles. The molecule has 0 amide bonds. The first-order valence-corrected chi connectivity index (χ1v) is 11.0. The molecule has 0 unspecified atom stereocenters. The number of nitrogens with zero attached hydrogens (tertiary/aromatic N) is 4. The molecule has 2 aromatic rings. The molecular weight excluding hydrogens is 380 g/mol. The Morgan fingerprint density at radius 1 is 1.20 bits per heavy atom. The van der Waals surface area contributed by atoms with E-state index in [-0.39, 0.29) is 0 Å². The van der Waals surface area contributed by atoms with Crippen LogP contribution in [0, 0.1) is 0 Å². The van der Waals surface area contributed by atoms with Gasteiger partial charge in [0.1, 0.15) is 10.0 Å². The first-order valence-electron chi connectivity index (χ1n) is 8.37. The summed E-state index contributed by atoms with van der Waals surface area (Å²) in [4.78, 5) is 6.71. The van der Waals surface area contributed by atoms with Crippen molar-refractivity contribution in [2.75, 3.05) is 32.7 Å². The Balaban J connectivity index is 1.54. The van der Waals surface area contributed by atoms with Crippen molar-refractivity contribution >= 4 is 33.0 Å². The van der Waals surface area contributed by atoms with Gasteiger partial charge in [0.25, 0.3) is 10.0 Å². The molecule has 3 rings (SSSR count). The summed E-state index contributed by atoms with van der Waals surface area (Å²) in [5.41, 5.74) is 0. The van der Waals surface area contributed by atoms with E-state index in [0.29, 0.717) is 27.6 Å². The van der Waals surface area contributed by atoms with Crippen LogP contribution in [0.15, 0.2) is 28.7 Å².